The summed E-state index contributed by atoms with van der Waals surface area (Å²) in [5.41, 5.74) is 0. The van der Waals surface area contributed by atoms with E-state index in [2.05, 4.69) is 25.9 Å². The zero-order chi connectivity index (χ0) is 9.40. The first-order chi connectivity index (χ1) is 5.66. The molecule has 0 aromatic rings. The minimum atomic E-state index is 0.342. The number of hydrogen-bond acceptors (Lipinski definition) is 2. The second-order valence-corrected chi connectivity index (χ2v) is 3.92. The van der Waals surface area contributed by atoms with E-state index in [1.54, 1.807) is 0 Å². The van der Waals surface area contributed by atoms with Crippen LogP contribution >= 0.6 is 0 Å². The average molecular weight is 173 g/mol. The Morgan fingerprint density at radius 3 is 2.33 bits per heavy atom. The summed E-state index contributed by atoms with van der Waals surface area (Å²) in [5, 5.41) is 8.67. The van der Waals surface area contributed by atoms with E-state index in [4.69, 9.17) is 5.11 Å². The first-order valence-corrected chi connectivity index (χ1v) is 4.92. The number of aliphatic hydroxyl groups is 1. The monoisotopic (exact) mass is 173 g/mol. The molecule has 0 heterocycles. The highest BCUT2D eigenvalue weighted by molar-refractivity contribution is 4.53. The van der Waals surface area contributed by atoms with Crippen molar-refractivity contribution >= 4 is 0 Å². The smallest absolute Gasteiger partial charge is 0.0433 e. The molecule has 0 aliphatic carbocycles. The van der Waals surface area contributed by atoms with Crippen LogP contribution in [-0.4, -0.2) is 37.3 Å². The average Bonchev–Trinajstić information content (AvgIpc) is 1.98. The fourth-order valence-corrected chi connectivity index (χ4v) is 1.29. The van der Waals surface area contributed by atoms with Crippen LogP contribution in [0.15, 0.2) is 0 Å². The van der Waals surface area contributed by atoms with E-state index in [0.29, 0.717) is 12.5 Å². The third kappa shape index (κ3) is 8.02. The van der Waals surface area contributed by atoms with Crippen molar-refractivity contribution in [2.45, 2.75) is 32.6 Å². The van der Waals surface area contributed by atoms with Gasteiger partial charge in [-0.25, -0.2) is 0 Å². The Morgan fingerprint density at radius 1 is 1.17 bits per heavy atom. The lowest BCUT2D eigenvalue weighted by Gasteiger charge is -2.11. The maximum absolute atomic E-state index is 8.67. The van der Waals surface area contributed by atoms with Gasteiger partial charge in [-0.15, -0.1) is 0 Å². The fourth-order valence-electron chi connectivity index (χ4n) is 1.29. The second kappa shape index (κ2) is 7.56. The Kier molecular flexibility index (Phi) is 7.51. The van der Waals surface area contributed by atoms with Crippen LogP contribution in [0.4, 0.5) is 0 Å². The Labute approximate surface area is 76.6 Å². The summed E-state index contributed by atoms with van der Waals surface area (Å²) in [4.78, 5) is 2.22. The van der Waals surface area contributed by atoms with Gasteiger partial charge in [0.1, 0.15) is 0 Å². The molecule has 0 fully saturated rings. The number of rotatable bonds is 7. The maximum Gasteiger partial charge on any atom is 0.0433 e. The zero-order valence-electron chi connectivity index (χ0n) is 8.71. The van der Waals surface area contributed by atoms with Crippen LogP contribution in [0.2, 0.25) is 0 Å². The van der Waals surface area contributed by atoms with Gasteiger partial charge in [0.15, 0.2) is 0 Å². The minimum absolute atomic E-state index is 0.342. The highest BCUT2D eigenvalue weighted by Gasteiger charge is 2.00. The van der Waals surface area contributed by atoms with Crippen molar-refractivity contribution in [1.29, 1.82) is 0 Å². The Bertz CT molecular complexity index is 93.8. The molecule has 2 nitrogen and oxygen atoms in total. The first kappa shape index (κ1) is 11.9. The van der Waals surface area contributed by atoms with Gasteiger partial charge in [-0.1, -0.05) is 19.8 Å². The van der Waals surface area contributed by atoms with Crippen LogP contribution < -0.4 is 0 Å². The topological polar surface area (TPSA) is 23.5 Å². The molecule has 0 radical (unpaired) electrons. The van der Waals surface area contributed by atoms with Gasteiger partial charge in [-0.2, -0.15) is 0 Å². The molecule has 1 unspecified atom stereocenters. The summed E-state index contributed by atoms with van der Waals surface area (Å²) >= 11 is 0. The maximum atomic E-state index is 8.67. The molecule has 0 bridgehead atoms. The van der Waals surface area contributed by atoms with E-state index in [0.717, 1.165) is 6.42 Å². The van der Waals surface area contributed by atoms with E-state index in [9.17, 15) is 0 Å². The van der Waals surface area contributed by atoms with Crippen LogP contribution in [0, 0.1) is 5.92 Å². The summed E-state index contributed by atoms with van der Waals surface area (Å²) in [5.74, 6) is 0.692. The molecule has 0 amide bonds. The van der Waals surface area contributed by atoms with Gasteiger partial charge >= 0.3 is 0 Å². The molecule has 0 spiro atoms. The van der Waals surface area contributed by atoms with E-state index >= 15 is 0 Å². The van der Waals surface area contributed by atoms with Gasteiger partial charge in [-0.05, 0) is 39.4 Å². The van der Waals surface area contributed by atoms with Crippen LogP contribution in [0.5, 0.6) is 0 Å². The summed E-state index contributed by atoms with van der Waals surface area (Å²) < 4.78 is 0. The van der Waals surface area contributed by atoms with E-state index in [-0.39, 0.29) is 0 Å². The Morgan fingerprint density at radius 2 is 1.83 bits per heavy atom. The van der Waals surface area contributed by atoms with Crippen LogP contribution in [0.25, 0.3) is 0 Å². The van der Waals surface area contributed by atoms with E-state index < -0.39 is 0 Å². The molecule has 0 saturated heterocycles. The van der Waals surface area contributed by atoms with Gasteiger partial charge in [0, 0.05) is 6.61 Å². The molecule has 2 heteroatoms. The summed E-state index contributed by atoms with van der Waals surface area (Å²) in [6.45, 7) is 3.74. The fraction of sp³-hybridized carbons (Fsp3) is 1.00. The molecular weight excluding hydrogens is 150 g/mol. The molecule has 0 aliphatic heterocycles. The second-order valence-electron chi connectivity index (χ2n) is 3.92. The van der Waals surface area contributed by atoms with Gasteiger partial charge in [-0.3, -0.25) is 0 Å². The van der Waals surface area contributed by atoms with Crippen molar-refractivity contribution in [2.24, 2.45) is 5.92 Å². The van der Waals surface area contributed by atoms with Gasteiger partial charge in [0.2, 0.25) is 0 Å². The standard InChI is InChI=1S/C10H23NO/c1-10(7-9-12)6-4-5-8-11(2)3/h10,12H,4-9H2,1-3H3. The highest BCUT2D eigenvalue weighted by atomic mass is 16.3. The summed E-state index contributed by atoms with van der Waals surface area (Å²) in [6.07, 6.45) is 4.79. The number of hydrogen-bond donors (Lipinski definition) is 1. The molecule has 0 aliphatic rings. The molecule has 12 heavy (non-hydrogen) atoms. The quantitative estimate of drug-likeness (QED) is 0.593. The number of nitrogens with zero attached hydrogens (tertiary/aromatic N) is 1. The lowest BCUT2D eigenvalue weighted by Crippen LogP contribution is -2.13. The predicted molar refractivity (Wildman–Crippen MR) is 53.3 cm³/mol. The van der Waals surface area contributed by atoms with Gasteiger partial charge in [0.05, 0.1) is 0 Å². The molecule has 1 atom stereocenters. The number of unbranched alkanes of at least 4 members (excludes halogenated alkanes) is 1. The minimum Gasteiger partial charge on any atom is -0.396 e. The third-order valence-corrected chi connectivity index (χ3v) is 2.17. The van der Waals surface area contributed by atoms with Crippen molar-refractivity contribution in [2.75, 3.05) is 27.2 Å². The molecule has 1 N–H and O–H groups in total. The molecule has 0 rings (SSSR count). The third-order valence-electron chi connectivity index (χ3n) is 2.17. The Hall–Kier alpha value is -0.0800. The highest BCUT2D eigenvalue weighted by Crippen LogP contribution is 2.10. The zero-order valence-corrected chi connectivity index (χ0v) is 8.71. The summed E-state index contributed by atoms with van der Waals surface area (Å²) in [6, 6.07) is 0. The lowest BCUT2D eigenvalue weighted by atomic mass is 10.0. The molecule has 74 valence electrons. The summed E-state index contributed by atoms with van der Waals surface area (Å²) in [7, 11) is 4.22. The van der Waals surface area contributed by atoms with Crippen molar-refractivity contribution in [3.63, 3.8) is 0 Å². The van der Waals surface area contributed by atoms with Crippen molar-refractivity contribution in [1.82, 2.24) is 4.90 Å². The van der Waals surface area contributed by atoms with Crippen molar-refractivity contribution in [3.05, 3.63) is 0 Å². The molecule has 0 aromatic heterocycles. The van der Waals surface area contributed by atoms with Crippen LogP contribution in [0.1, 0.15) is 32.6 Å². The van der Waals surface area contributed by atoms with Crippen molar-refractivity contribution in [3.8, 4) is 0 Å². The van der Waals surface area contributed by atoms with E-state index in [1.165, 1.54) is 25.8 Å². The van der Waals surface area contributed by atoms with E-state index in [1.807, 2.05) is 0 Å². The largest absolute Gasteiger partial charge is 0.396 e. The first-order valence-electron chi connectivity index (χ1n) is 4.92. The predicted octanol–water partition coefficient (Wildman–Crippen LogP) is 1.74. The van der Waals surface area contributed by atoms with Crippen molar-refractivity contribution < 1.29 is 5.11 Å². The molecular formula is C10H23NO. The molecule has 0 aromatic carbocycles. The van der Waals surface area contributed by atoms with Gasteiger partial charge in [0.25, 0.3) is 0 Å². The molecule has 0 saturated carbocycles. The SMILES string of the molecule is CC(CCO)CCCCN(C)C. The number of aliphatic hydroxyl groups excluding tert-OH is 1. The van der Waals surface area contributed by atoms with Crippen LogP contribution in [0.3, 0.4) is 0 Å². The van der Waals surface area contributed by atoms with Crippen LogP contribution in [-0.2, 0) is 0 Å². The Balaban J connectivity index is 3.08. The lowest BCUT2D eigenvalue weighted by molar-refractivity contribution is 0.255. The van der Waals surface area contributed by atoms with Gasteiger partial charge < -0.3 is 10.0 Å². The normalized spacial score (nSPS) is 13.8.